The van der Waals surface area contributed by atoms with Gasteiger partial charge in [-0.1, -0.05) is 0 Å². The number of hydrogen-bond donors (Lipinski definition) is 2. The number of aryl methyl sites for hydroxylation is 2. The number of aromatic amines is 1. The van der Waals surface area contributed by atoms with E-state index in [1.165, 1.54) is 0 Å². The van der Waals surface area contributed by atoms with Gasteiger partial charge in [-0.2, -0.15) is 0 Å². The highest BCUT2D eigenvalue weighted by atomic mass is 32.1. The molecular formula is C13H18N4OS. The summed E-state index contributed by atoms with van der Waals surface area (Å²) in [4.78, 5) is 19.2. The molecule has 0 atom stereocenters. The van der Waals surface area contributed by atoms with Crippen molar-refractivity contribution in [2.75, 3.05) is 0 Å². The third-order valence-electron chi connectivity index (χ3n) is 2.76. The van der Waals surface area contributed by atoms with Crippen LogP contribution in [-0.2, 0) is 11.3 Å². The topological polar surface area (TPSA) is 62.7 Å². The molecule has 6 heteroatoms. The number of amides is 1. The van der Waals surface area contributed by atoms with E-state index in [0.29, 0.717) is 17.7 Å². The van der Waals surface area contributed by atoms with Crippen LogP contribution in [0.1, 0.15) is 25.8 Å². The first-order valence-corrected chi connectivity index (χ1v) is 6.72. The zero-order chi connectivity index (χ0) is 14.0. The second-order valence-electron chi connectivity index (χ2n) is 4.94. The molecule has 0 unspecified atom stereocenters. The number of pyridine rings is 1. The van der Waals surface area contributed by atoms with Gasteiger partial charge in [0.05, 0.1) is 5.52 Å². The predicted molar refractivity (Wildman–Crippen MR) is 77.6 cm³/mol. The molecule has 2 rings (SSSR count). The number of nitrogens with zero attached hydrogens (tertiary/aromatic N) is 2. The number of carbonyl (C=O) groups is 1. The number of H-pyrrole nitrogens is 1. The fourth-order valence-corrected chi connectivity index (χ4v) is 2.25. The summed E-state index contributed by atoms with van der Waals surface area (Å²) in [5.74, 6) is 0.0263. The molecule has 2 aromatic rings. The van der Waals surface area contributed by atoms with Crippen molar-refractivity contribution in [2.24, 2.45) is 0 Å². The fraction of sp³-hybridized carbons (Fsp3) is 0.462. The average molecular weight is 278 g/mol. The Morgan fingerprint density at radius 2 is 2.32 bits per heavy atom. The molecule has 2 aromatic heterocycles. The maximum absolute atomic E-state index is 11.7. The van der Waals surface area contributed by atoms with Crippen molar-refractivity contribution in [3.05, 3.63) is 22.6 Å². The second-order valence-corrected chi connectivity index (χ2v) is 5.32. The van der Waals surface area contributed by atoms with Gasteiger partial charge in [-0.05, 0) is 44.6 Å². The first-order chi connectivity index (χ1) is 8.97. The Kier molecular flexibility index (Phi) is 3.99. The van der Waals surface area contributed by atoms with Crippen molar-refractivity contribution >= 4 is 29.3 Å². The molecule has 1 amide bonds. The quantitative estimate of drug-likeness (QED) is 0.844. The molecule has 0 aliphatic carbocycles. The van der Waals surface area contributed by atoms with E-state index >= 15 is 0 Å². The molecule has 0 saturated carbocycles. The van der Waals surface area contributed by atoms with Crippen LogP contribution in [0.25, 0.3) is 11.2 Å². The summed E-state index contributed by atoms with van der Waals surface area (Å²) in [5, 5.41) is 2.86. The van der Waals surface area contributed by atoms with Gasteiger partial charge < -0.3 is 14.9 Å². The van der Waals surface area contributed by atoms with Crippen LogP contribution >= 0.6 is 12.2 Å². The largest absolute Gasteiger partial charge is 0.354 e. The van der Waals surface area contributed by atoms with Crippen molar-refractivity contribution in [2.45, 2.75) is 39.8 Å². The molecule has 0 fully saturated rings. The smallest absolute Gasteiger partial charge is 0.221 e. The van der Waals surface area contributed by atoms with E-state index in [4.69, 9.17) is 12.2 Å². The molecule has 0 aromatic carbocycles. The van der Waals surface area contributed by atoms with Crippen molar-refractivity contribution in [3.63, 3.8) is 0 Å². The number of hydrogen-bond acceptors (Lipinski definition) is 3. The van der Waals surface area contributed by atoms with Gasteiger partial charge in [-0.15, -0.1) is 0 Å². The summed E-state index contributed by atoms with van der Waals surface area (Å²) in [6.07, 6.45) is 2.20. The molecule has 0 saturated heterocycles. The highest BCUT2D eigenvalue weighted by Crippen LogP contribution is 2.13. The number of fused-ring (bicyclic) bond motifs is 1. The van der Waals surface area contributed by atoms with Crippen molar-refractivity contribution in [1.29, 1.82) is 0 Å². The summed E-state index contributed by atoms with van der Waals surface area (Å²) in [5.41, 5.74) is 2.79. The minimum Gasteiger partial charge on any atom is -0.354 e. The van der Waals surface area contributed by atoms with E-state index in [1.54, 1.807) is 6.20 Å². The van der Waals surface area contributed by atoms with Gasteiger partial charge in [0.15, 0.2) is 10.4 Å². The van der Waals surface area contributed by atoms with Gasteiger partial charge in [0.2, 0.25) is 5.91 Å². The van der Waals surface area contributed by atoms with Gasteiger partial charge in [-0.25, -0.2) is 4.98 Å². The van der Waals surface area contributed by atoms with Crippen LogP contribution in [0, 0.1) is 11.7 Å². The summed E-state index contributed by atoms with van der Waals surface area (Å²) in [7, 11) is 0. The van der Waals surface area contributed by atoms with Crippen LogP contribution in [0.4, 0.5) is 0 Å². The Morgan fingerprint density at radius 1 is 1.58 bits per heavy atom. The fourth-order valence-electron chi connectivity index (χ4n) is 1.96. The van der Waals surface area contributed by atoms with Crippen LogP contribution in [0.5, 0.6) is 0 Å². The zero-order valence-corrected chi connectivity index (χ0v) is 12.2. The molecule has 0 radical (unpaired) electrons. The molecule has 0 spiro atoms. The lowest BCUT2D eigenvalue weighted by Gasteiger charge is -2.08. The first-order valence-electron chi connectivity index (χ1n) is 6.32. The standard InChI is InChI=1S/C13H18N4OS/c1-8(2)15-11(18)4-5-17-12-10(16-13(17)19)6-9(3)7-14-12/h6-8H,4-5H2,1-3H3,(H,15,18)(H,16,19). The monoisotopic (exact) mass is 278 g/mol. The molecule has 2 N–H and O–H groups in total. The summed E-state index contributed by atoms with van der Waals surface area (Å²) in [6, 6.07) is 2.16. The third-order valence-corrected chi connectivity index (χ3v) is 3.08. The van der Waals surface area contributed by atoms with E-state index < -0.39 is 0 Å². The van der Waals surface area contributed by atoms with Crippen LogP contribution in [0.3, 0.4) is 0 Å². The maximum atomic E-state index is 11.7. The zero-order valence-electron chi connectivity index (χ0n) is 11.4. The first kappa shape index (κ1) is 13.7. The molecule has 0 aliphatic heterocycles. The lowest BCUT2D eigenvalue weighted by Crippen LogP contribution is -2.30. The predicted octanol–water partition coefficient (Wildman–Crippen LogP) is 2.32. The SMILES string of the molecule is Cc1cnc2c(c1)[nH]c(=S)n2CCC(=O)NC(C)C. The Balaban J connectivity index is 2.19. The van der Waals surface area contributed by atoms with Gasteiger partial charge >= 0.3 is 0 Å². The van der Waals surface area contributed by atoms with E-state index in [-0.39, 0.29) is 11.9 Å². The van der Waals surface area contributed by atoms with E-state index in [9.17, 15) is 4.79 Å². The molecule has 2 heterocycles. The highest BCUT2D eigenvalue weighted by Gasteiger charge is 2.08. The molecule has 19 heavy (non-hydrogen) atoms. The Morgan fingerprint density at radius 3 is 3.00 bits per heavy atom. The second kappa shape index (κ2) is 5.52. The number of imidazole rings is 1. The van der Waals surface area contributed by atoms with Gasteiger partial charge in [0, 0.05) is 25.2 Å². The van der Waals surface area contributed by atoms with Crippen LogP contribution in [0.15, 0.2) is 12.3 Å². The van der Waals surface area contributed by atoms with Crippen LogP contribution in [-0.4, -0.2) is 26.5 Å². The van der Waals surface area contributed by atoms with Gasteiger partial charge in [0.1, 0.15) is 0 Å². The third kappa shape index (κ3) is 3.20. The van der Waals surface area contributed by atoms with Crippen molar-refractivity contribution < 1.29 is 4.79 Å². The number of rotatable bonds is 4. The van der Waals surface area contributed by atoms with Crippen LogP contribution < -0.4 is 5.32 Å². The summed E-state index contributed by atoms with van der Waals surface area (Å²) < 4.78 is 2.47. The Hall–Kier alpha value is -1.69. The number of carbonyl (C=O) groups excluding carboxylic acids is 1. The summed E-state index contributed by atoms with van der Waals surface area (Å²) >= 11 is 5.27. The van der Waals surface area contributed by atoms with Crippen molar-refractivity contribution in [1.82, 2.24) is 19.9 Å². The van der Waals surface area contributed by atoms with E-state index in [0.717, 1.165) is 16.7 Å². The summed E-state index contributed by atoms with van der Waals surface area (Å²) in [6.45, 7) is 6.41. The molecule has 0 aliphatic rings. The van der Waals surface area contributed by atoms with Crippen LogP contribution in [0.2, 0.25) is 0 Å². The molecule has 102 valence electrons. The molecule has 5 nitrogen and oxygen atoms in total. The Bertz CT molecular complexity index is 656. The highest BCUT2D eigenvalue weighted by molar-refractivity contribution is 7.71. The number of nitrogens with one attached hydrogen (secondary N) is 2. The number of aromatic nitrogens is 3. The minimum absolute atomic E-state index is 0.0263. The maximum Gasteiger partial charge on any atom is 0.221 e. The van der Waals surface area contributed by atoms with Gasteiger partial charge in [0.25, 0.3) is 0 Å². The van der Waals surface area contributed by atoms with E-state index in [1.807, 2.05) is 31.4 Å². The normalized spacial score (nSPS) is 11.2. The minimum atomic E-state index is 0.0263. The molecular weight excluding hydrogens is 260 g/mol. The molecule has 0 bridgehead atoms. The van der Waals surface area contributed by atoms with Crippen molar-refractivity contribution in [3.8, 4) is 0 Å². The lowest BCUT2D eigenvalue weighted by atomic mass is 10.3. The van der Waals surface area contributed by atoms with Gasteiger partial charge in [-0.3, -0.25) is 4.79 Å². The average Bonchev–Trinajstić information content (AvgIpc) is 2.60. The van der Waals surface area contributed by atoms with E-state index in [2.05, 4.69) is 15.3 Å². The lowest BCUT2D eigenvalue weighted by molar-refractivity contribution is -0.121. The Labute approximate surface area is 117 Å².